The molecule has 1 aliphatic heterocycles. The van der Waals surface area contributed by atoms with Crippen molar-refractivity contribution in [3.63, 3.8) is 0 Å². The van der Waals surface area contributed by atoms with E-state index in [9.17, 15) is 4.79 Å². The number of rotatable bonds is 6. The zero-order valence-electron chi connectivity index (χ0n) is 17.3. The fourth-order valence-corrected chi connectivity index (χ4v) is 3.53. The number of halogens is 1. The van der Waals surface area contributed by atoms with Gasteiger partial charge in [-0.2, -0.15) is 0 Å². The zero-order valence-corrected chi connectivity index (χ0v) is 18.0. The van der Waals surface area contributed by atoms with Crippen LogP contribution in [0.1, 0.15) is 0 Å². The van der Waals surface area contributed by atoms with E-state index in [1.807, 2.05) is 36.4 Å². The lowest BCUT2D eigenvalue weighted by Gasteiger charge is -2.32. The number of carbonyl (C=O) groups excluding carboxylic acids is 1. The Labute approximate surface area is 186 Å². The number of aromatic nitrogens is 2. The summed E-state index contributed by atoms with van der Waals surface area (Å²) in [7, 11) is 2.13. The number of piperazine rings is 1. The number of carbonyl (C=O) groups is 1. The van der Waals surface area contributed by atoms with Crippen LogP contribution in [0.2, 0.25) is 5.02 Å². The maximum absolute atomic E-state index is 12.3. The second-order valence-corrected chi connectivity index (χ2v) is 7.82. The summed E-state index contributed by atoms with van der Waals surface area (Å²) < 4.78 is 5.49. The summed E-state index contributed by atoms with van der Waals surface area (Å²) in [5, 5.41) is 12.1. The van der Waals surface area contributed by atoms with Gasteiger partial charge in [0.25, 0.3) is 5.91 Å². The van der Waals surface area contributed by atoms with Gasteiger partial charge in [0.05, 0.1) is 10.7 Å². The van der Waals surface area contributed by atoms with Gasteiger partial charge in [0.1, 0.15) is 5.75 Å². The number of hydrogen-bond acceptors (Lipinski definition) is 6. The number of para-hydroxylation sites is 1. The maximum Gasteiger partial charge on any atom is 0.262 e. The van der Waals surface area contributed by atoms with Crippen molar-refractivity contribution in [3.8, 4) is 17.0 Å². The molecule has 1 amide bonds. The number of nitrogens with one attached hydrogen (secondary N) is 1. The van der Waals surface area contributed by atoms with Crippen LogP contribution in [0.5, 0.6) is 5.75 Å². The van der Waals surface area contributed by atoms with E-state index in [2.05, 4.69) is 32.4 Å². The van der Waals surface area contributed by atoms with Crippen molar-refractivity contribution in [2.75, 3.05) is 50.1 Å². The lowest BCUT2D eigenvalue weighted by atomic mass is 10.1. The molecule has 1 saturated heterocycles. The second kappa shape index (κ2) is 9.76. The number of likely N-dealkylation sites (N-methyl/N-ethyl adjacent to an activating group) is 1. The van der Waals surface area contributed by atoms with Crippen molar-refractivity contribution in [3.05, 3.63) is 65.7 Å². The van der Waals surface area contributed by atoms with E-state index in [4.69, 9.17) is 16.3 Å². The third-order valence-electron chi connectivity index (χ3n) is 5.12. The topological polar surface area (TPSA) is 70.6 Å². The van der Waals surface area contributed by atoms with Gasteiger partial charge in [-0.15, -0.1) is 10.2 Å². The largest absolute Gasteiger partial charge is 0.482 e. The van der Waals surface area contributed by atoms with Gasteiger partial charge in [0, 0.05) is 37.4 Å². The number of benzene rings is 2. The molecule has 0 bridgehead atoms. The number of ether oxygens (including phenoxy) is 1. The molecule has 8 heteroatoms. The summed E-state index contributed by atoms with van der Waals surface area (Å²) in [6.07, 6.45) is 0. The van der Waals surface area contributed by atoms with Gasteiger partial charge < -0.3 is 19.9 Å². The Morgan fingerprint density at radius 3 is 2.58 bits per heavy atom. The minimum absolute atomic E-state index is 0.131. The maximum atomic E-state index is 12.3. The number of hydrogen-bond donors (Lipinski definition) is 1. The minimum atomic E-state index is -0.270. The smallest absolute Gasteiger partial charge is 0.262 e. The Morgan fingerprint density at radius 2 is 1.84 bits per heavy atom. The summed E-state index contributed by atoms with van der Waals surface area (Å²) in [6, 6.07) is 18.5. The lowest BCUT2D eigenvalue weighted by molar-refractivity contribution is -0.118. The molecule has 3 aromatic rings. The van der Waals surface area contributed by atoms with E-state index in [1.54, 1.807) is 24.3 Å². The second-order valence-electron chi connectivity index (χ2n) is 7.42. The number of amides is 1. The van der Waals surface area contributed by atoms with Crippen LogP contribution in [0.3, 0.4) is 0 Å². The average molecular weight is 438 g/mol. The Kier molecular flexibility index (Phi) is 6.64. The van der Waals surface area contributed by atoms with Crippen LogP contribution >= 0.6 is 11.6 Å². The molecule has 7 nitrogen and oxygen atoms in total. The van der Waals surface area contributed by atoms with Gasteiger partial charge in [-0.1, -0.05) is 35.9 Å². The normalized spacial score (nSPS) is 14.3. The molecule has 0 spiro atoms. The molecule has 2 heterocycles. The first-order chi connectivity index (χ1) is 15.1. The fraction of sp³-hybridized carbons (Fsp3) is 0.261. The Hall–Kier alpha value is -3.16. The van der Waals surface area contributed by atoms with Crippen molar-refractivity contribution in [1.29, 1.82) is 0 Å². The van der Waals surface area contributed by atoms with E-state index in [-0.39, 0.29) is 12.5 Å². The van der Waals surface area contributed by atoms with Gasteiger partial charge >= 0.3 is 0 Å². The molecule has 160 valence electrons. The van der Waals surface area contributed by atoms with Crippen molar-refractivity contribution in [1.82, 2.24) is 15.1 Å². The van der Waals surface area contributed by atoms with Crippen LogP contribution in [-0.2, 0) is 4.79 Å². The van der Waals surface area contributed by atoms with Gasteiger partial charge in [0.2, 0.25) is 0 Å². The van der Waals surface area contributed by atoms with Crippen molar-refractivity contribution >= 4 is 29.0 Å². The van der Waals surface area contributed by atoms with Gasteiger partial charge in [-0.25, -0.2) is 0 Å². The molecule has 0 atom stereocenters. The van der Waals surface area contributed by atoms with Gasteiger partial charge in [-0.05, 0) is 43.4 Å². The average Bonchev–Trinajstić information content (AvgIpc) is 2.79. The molecule has 1 aromatic heterocycles. The van der Waals surface area contributed by atoms with Crippen LogP contribution in [-0.4, -0.2) is 60.8 Å². The Bertz CT molecular complexity index is 1040. The van der Waals surface area contributed by atoms with Crippen LogP contribution in [0.25, 0.3) is 11.3 Å². The standard InChI is InChI=1S/C23H24ClN5O2/c1-28-11-13-29(14-12-28)22-10-9-20(26-27-22)17-5-4-6-18(15-17)25-23(30)16-31-21-8-3-2-7-19(21)24/h2-10,15H,11-14,16H2,1H3,(H,25,30). The SMILES string of the molecule is CN1CCN(c2ccc(-c3cccc(NC(=O)COc4ccccc4Cl)c3)nn2)CC1. The van der Waals surface area contributed by atoms with Crippen molar-refractivity contribution in [2.45, 2.75) is 0 Å². The fourth-order valence-electron chi connectivity index (χ4n) is 3.34. The molecule has 0 aliphatic carbocycles. The molecule has 0 unspecified atom stereocenters. The number of anilines is 2. The Morgan fingerprint density at radius 1 is 1.03 bits per heavy atom. The first-order valence-corrected chi connectivity index (χ1v) is 10.5. The molecule has 1 aliphatic rings. The van der Waals surface area contributed by atoms with Gasteiger partial charge in [0.15, 0.2) is 12.4 Å². The summed E-state index contributed by atoms with van der Waals surface area (Å²) >= 11 is 6.05. The third kappa shape index (κ3) is 5.51. The molecule has 1 N–H and O–H groups in total. The van der Waals surface area contributed by atoms with Crippen LogP contribution in [0, 0.1) is 0 Å². The van der Waals surface area contributed by atoms with E-state index >= 15 is 0 Å². The highest BCUT2D eigenvalue weighted by Crippen LogP contribution is 2.24. The van der Waals surface area contributed by atoms with Crippen LogP contribution < -0.4 is 15.0 Å². The highest BCUT2D eigenvalue weighted by molar-refractivity contribution is 6.32. The molecular weight excluding hydrogens is 414 g/mol. The summed E-state index contributed by atoms with van der Waals surface area (Å²) in [6.45, 7) is 3.80. The highest BCUT2D eigenvalue weighted by atomic mass is 35.5. The molecular formula is C23H24ClN5O2. The third-order valence-corrected chi connectivity index (χ3v) is 5.43. The summed E-state index contributed by atoms with van der Waals surface area (Å²) in [4.78, 5) is 16.8. The van der Waals surface area contributed by atoms with E-state index in [0.29, 0.717) is 16.5 Å². The molecule has 2 aromatic carbocycles. The monoisotopic (exact) mass is 437 g/mol. The highest BCUT2D eigenvalue weighted by Gasteiger charge is 2.16. The van der Waals surface area contributed by atoms with Gasteiger partial charge in [-0.3, -0.25) is 4.79 Å². The summed E-state index contributed by atoms with van der Waals surface area (Å²) in [5.74, 6) is 1.09. The lowest BCUT2D eigenvalue weighted by Crippen LogP contribution is -2.44. The molecule has 0 saturated carbocycles. The number of nitrogens with zero attached hydrogens (tertiary/aromatic N) is 4. The van der Waals surface area contributed by atoms with E-state index < -0.39 is 0 Å². The molecule has 0 radical (unpaired) electrons. The Balaban J connectivity index is 1.37. The molecule has 4 rings (SSSR count). The predicted octanol–water partition coefficient (Wildman–Crippen LogP) is 3.57. The van der Waals surface area contributed by atoms with Crippen molar-refractivity contribution < 1.29 is 9.53 Å². The van der Waals surface area contributed by atoms with Crippen molar-refractivity contribution in [2.24, 2.45) is 0 Å². The zero-order chi connectivity index (χ0) is 21.6. The first kappa shape index (κ1) is 21.1. The minimum Gasteiger partial charge on any atom is -0.482 e. The molecule has 1 fully saturated rings. The van der Waals surface area contributed by atoms with Crippen LogP contribution in [0.4, 0.5) is 11.5 Å². The first-order valence-electron chi connectivity index (χ1n) is 10.1. The van der Waals surface area contributed by atoms with Crippen LogP contribution in [0.15, 0.2) is 60.7 Å². The van der Waals surface area contributed by atoms with E-state index in [0.717, 1.165) is 43.3 Å². The molecule has 31 heavy (non-hydrogen) atoms. The summed E-state index contributed by atoms with van der Waals surface area (Å²) in [5.41, 5.74) is 2.29. The predicted molar refractivity (Wildman–Crippen MR) is 123 cm³/mol. The quantitative estimate of drug-likeness (QED) is 0.635. The van der Waals surface area contributed by atoms with E-state index in [1.165, 1.54) is 0 Å².